The molecule has 6 heteroatoms. The molecule has 0 fully saturated rings. The molecule has 0 bridgehead atoms. The molecule has 6 nitrogen and oxygen atoms in total. The molecule has 0 saturated heterocycles. The first-order valence-electron chi connectivity index (χ1n) is 32.0. The van der Waals surface area contributed by atoms with E-state index in [1.54, 1.807) is 6.08 Å². The first-order chi connectivity index (χ1) is 34.5. The van der Waals surface area contributed by atoms with Crippen LogP contribution in [0.1, 0.15) is 361 Å². The number of unbranched alkanes of at least 4 members (excludes halogenated alkanes) is 49. The Morgan fingerprint density at radius 1 is 0.386 bits per heavy atom. The van der Waals surface area contributed by atoms with Gasteiger partial charge in [-0.3, -0.25) is 9.59 Å². The summed E-state index contributed by atoms with van der Waals surface area (Å²) in [6.45, 7) is 4.92. The van der Waals surface area contributed by atoms with Crippen molar-refractivity contribution < 1.29 is 24.5 Å². The largest absolute Gasteiger partial charge is 0.466 e. The third-order valence-electron chi connectivity index (χ3n) is 15.1. The van der Waals surface area contributed by atoms with Crippen molar-refractivity contribution in [3.63, 3.8) is 0 Å². The second kappa shape index (κ2) is 60.2. The lowest BCUT2D eigenvalue weighted by atomic mass is 10.0. The molecular weight excluding hydrogens is 863 g/mol. The first-order valence-corrected chi connectivity index (χ1v) is 32.0. The minimum atomic E-state index is -0.850. The molecule has 70 heavy (non-hydrogen) atoms. The Morgan fingerprint density at radius 2 is 0.657 bits per heavy atom. The molecule has 0 radical (unpaired) electrons. The monoisotopic (exact) mass is 988 g/mol. The average molecular weight is 989 g/mol. The molecule has 0 aromatic rings. The van der Waals surface area contributed by atoms with E-state index >= 15 is 0 Å². The Balaban J connectivity index is 3.44. The van der Waals surface area contributed by atoms with E-state index in [0.717, 1.165) is 44.9 Å². The molecule has 0 aliphatic heterocycles. The zero-order chi connectivity index (χ0) is 50.7. The molecule has 416 valence electrons. The molecule has 0 aliphatic carbocycles. The number of ether oxygens (including phenoxy) is 1. The molecule has 0 aromatic heterocycles. The van der Waals surface area contributed by atoms with Gasteiger partial charge in [-0.25, -0.2) is 0 Å². The number of hydrogen-bond donors (Lipinski definition) is 3. The van der Waals surface area contributed by atoms with E-state index in [1.807, 2.05) is 6.08 Å². The van der Waals surface area contributed by atoms with Crippen LogP contribution in [0.15, 0.2) is 12.2 Å². The lowest BCUT2D eigenvalue weighted by Gasteiger charge is -2.20. The standard InChI is InChI=1S/C64H125NO5/c1-3-5-7-9-11-13-15-17-19-21-22-23-24-25-26-28-32-36-40-44-48-52-56-62(67)61(60-66)65-63(68)57-53-49-45-41-37-33-29-27-31-35-39-43-47-51-55-59-70-64(69)58-54-50-46-42-38-34-30-20-18-16-14-12-10-8-6-4-2/h52,56,61-62,66-67H,3-51,53-55,57-60H2,1-2H3,(H,65,68)/b56-52+. The zero-order valence-corrected chi connectivity index (χ0v) is 47.5. The Hall–Kier alpha value is -1.40. The SMILES string of the molecule is CCCCCCCCCCCCCCCCCCCCCC/C=C/C(O)C(CO)NC(=O)CCCCCCCCCCCCCCCCCOC(=O)CCCCCCCCCCCCCCCCCC. The Kier molecular flexibility index (Phi) is 59.0. The third kappa shape index (κ3) is 55.9. The summed E-state index contributed by atoms with van der Waals surface area (Å²) in [6, 6.07) is -0.634. The summed E-state index contributed by atoms with van der Waals surface area (Å²) in [5.74, 6) is -0.0680. The van der Waals surface area contributed by atoms with Crippen molar-refractivity contribution in [2.75, 3.05) is 13.2 Å². The predicted octanol–water partition coefficient (Wildman–Crippen LogP) is 20.0. The molecule has 0 rings (SSSR count). The van der Waals surface area contributed by atoms with Crippen LogP contribution in [-0.4, -0.2) is 47.4 Å². The number of aliphatic hydroxyl groups excluding tert-OH is 2. The number of rotatable bonds is 60. The van der Waals surface area contributed by atoms with Gasteiger partial charge < -0.3 is 20.3 Å². The van der Waals surface area contributed by atoms with Gasteiger partial charge in [0.15, 0.2) is 0 Å². The van der Waals surface area contributed by atoms with Gasteiger partial charge in [-0.2, -0.15) is 0 Å². The average Bonchev–Trinajstić information content (AvgIpc) is 3.36. The van der Waals surface area contributed by atoms with E-state index < -0.39 is 12.1 Å². The topological polar surface area (TPSA) is 95.9 Å². The van der Waals surface area contributed by atoms with Crippen LogP contribution in [0.3, 0.4) is 0 Å². The van der Waals surface area contributed by atoms with Crippen LogP contribution in [0.25, 0.3) is 0 Å². The van der Waals surface area contributed by atoms with Gasteiger partial charge in [-0.1, -0.05) is 328 Å². The number of allylic oxidation sites excluding steroid dienone is 1. The molecule has 0 spiro atoms. The fourth-order valence-corrected chi connectivity index (χ4v) is 10.2. The number of esters is 1. The van der Waals surface area contributed by atoms with Gasteiger partial charge in [0.25, 0.3) is 0 Å². The maximum atomic E-state index is 12.5. The van der Waals surface area contributed by atoms with Crippen molar-refractivity contribution in [1.82, 2.24) is 5.32 Å². The quantitative estimate of drug-likeness (QED) is 0.0321. The van der Waals surface area contributed by atoms with Crippen LogP contribution in [0.2, 0.25) is 0 Å². The minimum absolute atomic E-state index is 0.00413. The third-order valence-corrected chi connectivity index (χ3v) is 15.1. The summed E-state index contributed by atoms with van der Waals surface area (Å²) in [4.78, 5) is 24.6. The predicted molar refractivity (Wildman–Crippen MR) is 306 cm³/mol. The molecular formula is C64H125NO5. The number of aliphatic hydroxyl groups is 2. The minimum Gasteiger partial charge on any atom is -0.466 e. The molecule has 3 N–H and O–H groups in total. The maximum Gasteiger partial charge on any atom is 0.305 e. The number of carbonyl (C=O) groups excluding carboxylic acids is 2. The number of amides is 1. The van der Waals surface area contributed by atoms with E-state index in [4.69, 9.17) is 4.74 Å². The summed E-state index contributed by atoms with van der Waals surface area (Å²) in [5.41, 5.74) is 0. The van der Waals surface area contributed by atoms with E-state index in [2.05, 4.69) is 19.2 Å². The summed E-state index contributed by atoms with van der Waals surface area (Å²) in [6.07, 6.45) is 72.5. The van der Waals surface area contributed by atoms with E-state index in [0.29, 0.717) is 19.4 Å². The van der Waals surface area contributed by atoms with E-state index in [9.17, 15) is 19.8 Å². The normalized spacial score (nSPS) is 12.6. The van der Waals surface area contributed by atoms with Gasteiger partial charge in [-0.05, 0) is 32.1 Å². The number of carbonyl (C=O) groups is 2. The summed E-state index contributed by atoms with van der Waals surface area (Å²) >= 11 is 0. The molecule has 2 unspecified atom stereocenters. The van der Waals surface area contributed by atoms with Gasteiger partial charge in [0, 0.05) is 12.8 Å². The molecule has 0 saturated carbocycles. The summed E-state index contributed by atoms with van der Waals surface area (Å²) in [7, 11) is 0. The Labute approximate surface area is 438 Å². The van der Waals surface area contributed by atoms with Crippen LogP contribution < -0.4 is 5.32 Å². The van der Waals surface area contributed by atoms with Crippen LogP contribution in [0, 0.1) is 0 Å². The van der Waals surface area contributed by atoms with Crippen molar-refractivity contribution in [1.29, 1.82) is 0 Å². The fourth-order valence-electron chi connectivity index (χ4n) is 10.2. The first kappa shape index (κ1) is 68.6. The highest BCUT2D eigenvalue weighted by molar-refractivity contribution is 5.76. The molecule has 2 atom stereocenters. The lowest BCUT2D eigenvalue weighted by molar-refractivity contribution is -0.143. The zero-order valence-electron chi connectivity index (χ0n) is 47.5. The van der Waals surface area contributed by atoms with Gasteiger partial charge in [0.2, 0.25) is 5.91 Å². The van der Waals surface area contributed by atoms with Gasteiger partial charge in [0.1, 0.15) is 0 Å². The van der Waals surface area contributed by atoms with Gasteiger partial charge in [0.05, 0.1) is 25.4 Å². The summed E-state index contributed by atoms with van der Waals surface area (Å²) < 4.78 is 5.49. The fraction of sp³-hybridized carbons (Fsp3) is 0.938. The molecule has 0 heterocycles. The number of hydrogen-bond acceptors (Lipinski definition) is 5. The molecule has 0 aliphatic rings. The Bertz CT molecular complexity index is 1050. The van der Waals surface area contributed by atoms with Crippen LogP contribution in [0.5, 0.6) is 0 Å². The number of nitrogens with one attached hydrogen (secondary N) is 1. The van der Waals surface area contributed by atoms with E-state index in [-0.39, 0.29) is 18.5 Å². The highest BCUT2D eigenvalue weighted by Crippen LogP contribution is 2.18. The van der Waals surface area contributed by atoms with Crippen molar-refractivity contribution in [2.24, 2.45) is 0 Å². The summed E-state index contributed by atoms with van der Waals surface area (Å²) in [5, 5.41) is 23.2. The van der Waals surface area contributed by atoms with Crippen molar-refractivity contribution in [2.45, 2.75) is 373 Å². The van der Waals surface area contributed by atoms with Gasteiger partial charge >= 0.3 is 5.97 Å². The maximum absolute atomic E-state index is 12.5. The molecule has 0 aromatic carbocycles. The van der Waals surface area contributed by atoms with Crippen molar-refractivity contribution >= 4 is 11.9 Å². The van der Waals surface area contributed by atoms with Crippen LogP contribution >= 0.6 is 0 Å². The van der Waals surface area contributed by atoms with Crippen molar-refractivity contribution in [3.05, 3.63) is 12.2 Å². The van der Waals surface area contributed by atoms with Crippen LogP contribution in [0.4, 0.5) is 0 Å². The lowest BCUT2D eigenvalue weighted by Crippen LogP contribution is -2.45. The smallest absolute Gasteiger partial charge is 0.305 e. The molecule has 1 amide bonds. The second-order valence-electron chi connectivity index (χ2n) is 22.1. The Morgan fingerprint density at radius 3 is 0.971 bits per heavy atom. The van der Waals surface area contributed by atoms with Gasteiger partial charge in [-0.15, -0.1) is 0 Å². The van der Waals surface area contributed by atoms with E-state index in [1.165, 1.54) is 289 Å². The highest BCUT2D eigenvalue weighted by atomic mass is 16.5. The highest BCUT2D eigenvalue weighted by Gasteiger charge is 2.18. The van der Waals surface area contributed by atoms with Crippen molar-refractivity contribution in [3.8, 4) is 0 Å². The second-order valence-corrected chi connectivity index (χ2v) is 22.1. The van der Waals surface area contributed by atoms with Crippen LogP contribution in [-0.2, 0) is 14.3 Å².